The van der Waals surface area contributed by atoms with Crippen LogP contribution in [0.3, 0.4) is 0 Å². The van der Waals surface area contributed by atoms with Gasteiger partial charge in [0.05, 0.1) is 12.2 Å². The lowest BCUT2D eigenvalue weighted by Gasteiger charge is -2.07. The van der Waals surface area contributed by atoms with Gasteiger partial charge in [0.1, 0.15) is 11.4 Å². The number of aromatic nitrogens is 2. The van der Waals surface area contributed by atoms with Gasteiger partial charge in [-0.1, -0.05) is 25.1 Å². The first-order valence-corrected chi connectivity index (χ1v) is 8.06. The third-order valence-corrected chi connectivity index (χ3v) is 3.79. The Bertz CT molecular complexity index is 855. The van der Waals surface area contributed by atoms with Crippen molar-refractivity contribution in [2.45, 2.75) is 26.8 Å². The van der Waals surface area contributed by atoms with Gasteiger partial charge in [0, 0.05) is 12.4 Å². The minimum Gasteiger partial charge on any atom is -0.484 e. The number of carbonyl (C=O) groups is 1. The number of carbonyl (C=O) groups excluding carboxylic acids is 1. The van der Waals surface area contributed by atoms with Crippen LogP contribution in [-0.2, 0) is 17.8 Å². The predicted molar refractivity (Wildman–Crippen MR) is 93.1 cm³/mol. The Balaban J connectivity index is 1.52. The summed E-state index contributed by atoms with van der Waals surface area (Å²) in [5, 5.41) is 2.83. The summed E-state index contributed by atoms with van der Waals surface area (Å²) in [6, 6.07) is 11.8. The summed E-state index contributed by atoms with van der Waals surface area (Å²) in [6.07, 6.45) is 4.88. The van der Waals surface area contributed by atoms with Gasteiger partial charge < -0.3 is 14.5 Å². The highest BCUT2D eigenvalue weighted by Crippen LogP contribution is 2.13. The van der Waals surface area contributed by atoms with Crippen molar-refractivity contribution < 1.29 is 9.53 Å². The van der Waals surface area contributed by atoms with Crippen LogP contribution in [0.5, 0.6) is 5.75 Å². The average molecular weight is 323 g/mol. The van der Waals surface area contributed by atoms with E-state index < -0.39 is 0 Å². The lowest BCUT2D eigenvalue weighted by molar-refractivity contribution is -0.123. The zero-order valence-corrected chi connectivity index (χ0v) is 14.0. The van der Waals surface area contributed by atoms with Gasteiger partial charge in [-0.3, -0.25) is 4.79 Å². The molecule has 2 heterocycles. The molecule has 1 aromatic carbocycles. The van der Waals surface area contributed by atoms with E-state index in [4.69, 9.17) is 4.74 Å². The highest BCUT2D eigenvalue weighted by Gasteiger charge is 2.06. The van der Waals surface area contributed by atoms with Crippen molar-refractivity contribution in [3.8, 4) is 5.75 Å². The zero-order chi connectivity index (χ0) is 16.9. The van der Waals surface area contributed by atoms with Crippen molar-refractivity contribution in [3.63, 3.8) is 0 Å². The van der Waals surface area contributed by atoms with Gasteiger partial charge in [-0.25, -0.2) is 4.98 Å². The van der Waals surface area contributed by atoms with E-state index in [-0.39, 0.29) is 12.5 Å². The van der Waals surface area contributed by atoms with E-state index in [0.717, 1.165) is 23.3 Å². The Morgan fingerprint density at radius 2 is 2.12 bits per heavy atom. The Labute approximate surface area is 141 Å². The van der Waals surface area contributed by atoms with Gasteiger partial charge in [0.25, 0.3) is 5.91 Å². The number of ether oxygens (including phenoxy) is 1. The molecule has 124 valence electrons. The molecule has 5 nitrogen and oxygen atoms in total. The largest absolute Gasteiger partial charge is 0.484 e. The summed E-state index contributed by atoms with van der Waals surface area (Å²) < 4.78 is 7.50. The van der Waals surface area contributed by atoms with E-state index in [0.29, 0.717) is 12.3 Å². The van der Waals surface area contributed by atoms with Crippen molar-refractivity contribution in [3.05, 3.63) is 65.6 Å². The van der Waals surface area contributed by atoms with Crippen LogP contribution in [-0.4, -0.2) is 21.9 Å². The van der Waals surface area contributed by atoms with Crippen LogP contribution >= 0.6 is 0 Å². The van der Waals surface area contributed by atoms with Crippen LogP contribution in [0.25, 0.3) is 5.65 Å². The number of hydrogen-bond acceptors (Lipinski definition) is 3. The second kappa shape index (κ2) is 7.17. The monoisotopic (exact) mass is 323 g/mol. The fourth-order valence-corrected chi connectivity index (χ4v) is 2.48. The highest BCUT2D eigenvalue weighted by atomic mass is 16.5. The van der Waals surface area contributed by atoms with Crippen LogP contribution in [0.4, 0.5) is 0 Å². The molecule has 5 heteroatoms. The van der Waals surface area contributed by atoms with Gasteiger partial charge in [0.2, 0.25) is 0 Å². The first kappa shape index (κ1) is 16.1. The first-order valence-electron chi connectivity index (χ1n) is 8.06. The molecule has 0 radical (unpaired) electrons. The van der Waals surface area contributed by atoms with Crippen LogP contribution in [0.15, 0.2) is 48.8 Å². The van der Waals surface area contributed by atoms with E-state index in [1.807, 2.05) is 60.1 Å². The molecule has 0 fully saturated rings. The number of nitrogens with one attached hydrogen (secondary N) is 1. The molecule has 0 atom stereocenters. The Morgan fingerprint density at radius 3 is 2.96 bits per heavy atom. The molecule has 0 bridgehead atoms. The van der Waals surface area contributed by atoms with E-state index in [9.17, 15) is 4.79 Å². The summed E-state index contributed by atoms with van der Waals surface area (Å²) >= 11 is 0. The fraction of sp³-hybridized carbons (Fsp3) is 0.263. The number of hydrogen-bond donors (Lipinski definition) is 1. The summed E-state index contributed by atoms with van der Waals surface area (Å²) in [6.45, 7) is 4.51. The molecule has 24 heavy (non-hydrogen) atoms. The van der Waals surface area contributed by atoms with E-state index in [1.54, 1.807) is 0 Å². The smallest absolute Gasteiger partial charge is 0.258 e. The summed E-state index contributed by atoms with van der Waals surface area (Å²) in [7, 11) is 0. The summed E-state index contributed by atoms with van der Waals surface area (Å²) in [4.78, 5) is 16.4. The van der Waals surface area contributed by atoms with E-state index >= 15 is 0 Å². The molecule has 0 spiro atoms. The fourth-order valence-electron chi connectivity index (χ4n) is 2.48. The number of rotatable bonds is 6. The van der Waals surface area contributed by atoms with Crippen molar-refractivity contribution in [1.29, 1.82) is 0 Å². The number of fused-ring (bicyclic) bond motifs is 1. The lowest BCUT2D eigenvalue weighted by Crippen LogP contribution is -2.28. The summed E-state index contributed by atoms with van der Waals surface area (Å²) in [5.41, 5.74) is 4.05. The van der Waals surface area contributed by atoms with Gasteiger partial charge >= 0.3 is 0 Å². The number of benzene rings is 1. The van der Waals surface area contributed by atoms with Crippen LogP contribution in [0.1, 0.15) is 23.7 Å². The molecule has 3 rings (SSSR count). The highest BCUT2D eigenvalue weighted by molar-refractivity contribution is 5.77. The molecule has 1 amide bonds. The second-order valence-corrected chi connectivity index (χ2v) is 5.77. The molecule has 3 aromatic rings. The lowest BCUT2D eigenvalue weighted by atomic mass is 10.2. The maximum atomic E-state index is 11.9. The first-order chi connectivity index (χ1) is 11.6. The van der Waals surface area contributed by atoms with E-state index in [1.165, 1.54) is 5.56 Å². The van der Waals surface area contributed by atoms with Gasteiger partial charge in [-0.05, 0) is 42.7 Å². The minimum absolute atomic E-state index is 0.000350. The topological polar surface area (TPSA) is 55.6 Å². The normalized spacial score (nSPS) is 10.8. The third kappa shape index (κ3) is 3.93. The van der Waals surface area contributed by atoms with Crippen LogP contribution in [0, 0.1) is 6.92 Å². The van der Waals surface area contributed by atoms with Crippen molar-refractivity contribution in [2.24, 2.45) is 0 Å². The number of imidazole rings is 1. The quantitative estimate of drug-likeness (QED) is 0.759. The Kier molecular flexibility index (Phi) is 4.79. The van der Waals surface area contributed by atoms with Gasteiger partial charge in [-0.15, -0.1) is 0 Å². The molecular weight excluding hydrogens is 302 g/mol. The van der Waals surface area contributed by atoms with Crippen molar-refractivity contribution >= 4 is 11.6 Å². The van der Waals surface area contributed by atoms with Crippen LogP contribution < -0.4 is 10.1 Å². The Morgan fingerprint density at radius 1 is 1.25 bits per heavy atom. The predicted octanol–water partition coefficient (Wildman–Crippen LogP) is 2.90. The van der Waals surface area contributed by atoms with Crippen molar-refractivity contribution in [1.82, 2.24) is 14.7 Å². The standard InChI is InChI=1S/C19H21N3O2/c1-3-15-5-4-6-17(9-15)24-13-19(23)20-10-16-12-22-11-14(2)7-8-18(22)21-16/h4-9,11-12H,3,10,13H2,1-2H3,(H,20,23). The van der Waals surface area contributed by atoms with Gasteiger partial charge in [0.15, 0.2) is 6.61 Å². The van der Waals surface area contributed by atoms with Crippen LogP contribution in [0.2, 0.25) is 0 Å². The number of nitrogens with zero attached hydrogens (tertiary/aromatic N) is 2. The molecule has 1 N–H and O–H groups in total. The summed E-state index contributed by atoms with van der Waals surface area (Å²) in [5.74, 6) is 0.554. The second-order valence-electron chi connectivity index (χ2n) is 5.77. The zero-order valence-electron chi connectivity index (χ0n) is 14.0. The maximum absolute atomic E-state index is 11.9. The number of pyridine rings is 1. The maximum Gasteiger partial charge on any atom is 0.258 e. The third-order valence-electron chi connectivity index (χ3n) is 3.79. The number of amides is 1. The molecule has 0 saturated heterocycles. The van der Waals surface area contributed by atoms with Gasteiger partial charge in [-0.2, -0.15) is 0 Å². The molecule has 0 aliphatic carbocycles. The molecule has 2 aromatic heterocycles. The average Bonchev–Trinajstić information content (AvgIpc) is 3.00. The molecule has 0 aliphatic rings. The minimum atomic E-state index is -0.162. The van der Waals surface area contributed by atoms with Crippen molar-refractivity contribution in [2.75, 3.05) is 6.61 Å². The molecule has 0 aliphatic heterocycles. The molecule has 0 unspecified atom stereocenters. The van der Waals surface area contributed by atoms with E-state index in [2.05, 4.69) is 17.2 Å². The molecule has 0 saturated carbocycles. The SMILES string of the molecule is CCc1cccc(OCC(=O)NCc2cn3cc(C)ccc3n2)c1. The Hall–Kier alpha value is -2.82. The number of aryl methyl sites for hydroxylation is 2. The molecular formula is C19H21N3O2.